The van der Waals surface area contributed by atoms with Crippen LogP contribution in [0, 0.1) is 0 Å². The third kappa shape index (κ3) is 5.54. The van der Waals surface area contributed by atoms with Crippen LogP contribution >= 0.6 is 0 Å². The molecule has 2 aromatic carbocycles. The van der Waals surface area contributed by atoms with Gasteiger partial charge in [0.1, 0.15) is 40.4 Å². The summed E-state index contributed by atoms with van der Waals surface area (Å²) in [5.74, 6) is -0.217. The van der Waals surface area contributed by atoms with E-state index in [2.05, 4.69) is 26.8 Å². The van der Waals surface area contributed by atoms with Crippen molar-refractivity contribution in [2.24, 2.45) is 0 Å². The standard InChI is InChI=1S/C25H26O6/c1-15(2)6-5-7-16(3)10-11-29-18-8-9-22-20(12-18)25(28)24-21(27)13-19(30-17(4)26)14-23(24)31-22/h6,8-10,12-14,27H,5,7,11H2,1-4H3/b16-10+. The third-order valence-electron chi connectivity index (χ3n) is 4.73. The van der Waals surface area contributed by atoms with Crippen LogP contribution in [0.2, 0.25) is 0 Å². The lowest BCUT2D eigenvalue weighted by Gasteiger charge is -2.08. The first-order chi connectivity index (χ1) is 14.7. The van der Waals surface area contributed by atoms with E-state index in [1.165, 1.54) is 30.2 Å². The molecular weight excluding hydrogens is 396 g/mol. The van der Waals surface area contributed by atoms with E-state index in [9.17, 15) is 14.7 Å². The zero-order valence-corrected chi connectivity index (χ0v) is 18.2. The Morgan fingerprint density at radius 3 is 2.52 bits per heavy atom. The maximum absolute atomic E-state index is 12.9. The molecule has 0 amide bonds. The van der Waals surface area contributed by atoms with Crippen molar-refractivity contribution in [3.8, 4) is 17.2 Å². The molecule has 0 atom stereocenters. The van der Waals surface area contributed by atoms with Gasteiger partial charge in [-0.15, -0.1) is 0 Å². The zero-order valence-electron chi connectivity index (χ0n) is 18.2. The number of carbonyl (C=O) groups is 1. The lowest BCUT2D eigenvalue weighted by atomic mass is 10.1. The first-order valence-corrected chi connectivity index (χ1v) is 10.1. The van der Waals surface area contributed by atoms with E-state index in [0.717, 1.165) is 12.8 Å². The van der Waals surface area contributed by atoms with Gasteiger partial charge >= 0.3 is 5.97 Å². The van der Waals surface area contributed by atoms with Crippen molar-refractivity contribution in [2.45, 2.75) is 40.5 Å². The monoisotopic (exact) mass is 422 g/mol. The van der Waals surface area contributed by atoms with Gasteiger partial charge in [-0.05, 0) is 57.9 Å². The number of hydrogen-bond acceptors (Lipinski definition) is 6. The molecule has 0 saturated heterocycles. The van der Waals surface area contributed by atoms with Gasteiger partial charge in [-0.25, -0.2) is 0 Å². The fourth-order valence-corrected chi connectivity index (χ4v) is 3.20. The maximum atomic E-state index is 12.9. The van der Waals surface area contributed by atoms with E-state index in [1.807, 2.05) is 6.08 Å². The molecule has 0 aliphatic heterocycles. The van der Waals surface area contributed by atoms with Crippen molar-refractivity contribution in [1.82, 2.24) is 0 Å². The maximum Gasteiger partial charge on any atom is 0.308 e. The Bertz CT molecular complexity index is 1240. The molecule has 1 N–H and O–H groups in total. The number of phenols is 1. The van der Waals surface area contributed by atoms with Gasteiger partial charge in [0, 0.05) is 19.1 Å². The second-order valence-corrected chi connectivity index (χ2v) is 7.68. The van der Waals surface area contributed by atoms with Crippen molar-refractivity contribution in [3.63, 3.8) is 0 Å². The molecule has 0 aliphatic rings. The first kappa shape index (κ1) is 22.2. The van der Waals surface area contributed by atoms with Crippen LogP contribution in [0.25, 0.3) is 21.9 Å². The van der Waals surface area contributed by atoms with E-state index in [1.54, 1.807) is 18.2 Å². The van der Waals surface area contributed by atoms with Crippen molar-refractivity contribution in [1.29, 1.82) is 0 Å². The van der Waals surface area contributed by atoms with Gasteiger partial charge in [-0.2, -0.15) is 0 Å². The quantitative estimate of drug-likeness (QED) is 0.229. The zero-order chi connectivity index (χ0) is 22.5. The molecular formula is C25H26O6. The fourth-order valence-electron chi connectivity index (χ4n) is 3.20. The highest BCUT2D eigenvalue weighted by atomic mass is 16.5. The molecule has 1 aromatic heterocycles. The Balaban J connectivity index is 1.85. The number of hydrogen-bond donors (Lipinski definition) is 1. The Kier molecular flexibility index (Phi) is 6.80. The van der Waals surface area contributed by atoms with Crippen molar-refractivity contribution in [3.05, 3.63) is 63.9 Å². The van der Waals surface area contributed by atoms with E-state index >= 15 is 0 Å². The molecule has 3 aromatic rings. The van der Waals surface area contributed by atoms with Crippen LogP contribution in [0.4, 0.5) is 0 Å². The lowest BCUT2D eigenvalue weighted by Crippen LogP contribution is -2.05. The minimum atomic E-state index is -0.537. The molecule has 0 radical (unpaired) electrons. The summed E-state index contributed by atoms with van der Waals surface area (Å²) in [5, 5.41) is 10.6. The van der Waals surface area contributed by atoms with Gasteiger partial charge in [-0.3, -0.25) is 9.59 Å². The summed E-state index contributed by atoms with van der Waals surface area (Å²) < 4.78 is 16.5. The van der Waals surface area contributed by atoms with Crippen LogP contribution in [0.15, 0.2) is 62.8 Å². The summed E-state index contributed by atoms with van der Waals surface area (Å²) >= 11 is 0. The molecule has 6 heteroatoms. The number of ether oxygens (including phenoxy) is 2. The van der Waals surface area contributed by atoms with Gasteiger partial charge in [0.2, 0.25) is 5.43 Å². The van der Waals surface area contributed by atoms with Crippen LogP contribution in [-0.2, 0) is 4.79 Å². The van der Waals surface area contributed by atoms with Gasteiger partial charge < -0.3 is 19.0 Å². The number of aromatic hydroxyl groups is 1. The number of benzene rings is 2. The Labute approximate surface area is 180 Å². The predicted molar refractivity (Wildman–Crippen MR) is 121 cm³/mol. The Morgan fingerprint density at radius 2 is 1.81 bits per heavy atom. The number of rotatable bonds is 7. The summed E-state index contributed by atoms with van der Waals surface area (Å²) in [6.45, 7) is 7.87. The molecule has 0 spiro atoms. The smallest absolute Gasteiger partial charge is 0.308 e. The van der Waals surface area contributed by atoms with Crippen molar-refractivity contribution >= 4 is 27.9 Å². The number of fused-ring (bicyclic) bond motifs is 2. The fraction of sp³-hybridized carbons (Fsp3) is 0.280. The summed E-state index contributed by atoms with van der Waals surface area (Å²) in [6, 6.07) is 7.60. The molecule has 0 saturated carbocycles. The van der Waals surface area contributed by atoms with Crippen LogP contribution in [0.5, 0.6) is 17.2 Å². The molecule has 1 heterocycles. The van der Waals surface area contributed by atoms with E-state index in [-0.39, 0.29) is 27.9 Å². The second-order valence-electron chi connectivity index (χ2n) is 7.68. The minimum Gasteiger partial charge on any atom is -0.507 e. The summed E-state index contributed by atoms with van der Waals surface area (Å²) in [5.41, 5.74) is 2.63. The van der Waals surface area contributed by atoms with E-state index < -0.39 is 5.97 Å². The minimum absolute atomic E-state index is 0.0237. The largest absolute Gasteiger partial charge is 0.507 e. The Morgan fingerprint density at radius 1 is 1.03 bits per heavy atom. The topological polar surface area (TPSA) is 86.0 Å². The van der Waals surface area contributed by atoms with E-state index in [0.29, 0.717) is 23.3 Å². The van der Waals surface area contributed by atoms with Gasteiger partial charge in [0.15, 0.2) is 0 Å². The second kappa shape index (κ2) is 9.51. The molecule has 0 fully saturated rings. The normalized spacial score (nSPS) is 11.5. The molecule has 3 rings (SSSR count). The highest BCUT2D eigenvalue weighted by molar-refractivity contribution is 5.94. The molecule has 0 unspecified atom stereocenters. The molecule has 6 nitrogen and oxygen atoms in total. The molecule has 31 heavy (non-hydrogen) atoms. The van der Waals surface area contributed by atoms with Gasteiger partial charge in [0.05, 0.1) is 5.39 Å². The lowest BCUT2D eigenvalue weighted by molar-refractivity contribution is -0.131. The molecule has 0 bridgehead atoms. The summed E-state index contributed by atoms with van der Waals surface area (Å²) in [7, 11) is 0. The van der Waals surface area contributed by atoms with Crippen LogP contribution in [0.3, 0.4) is 0 Å². The number of allylic oxidation sites excluding steroid dienone is 3. The average molecular weight is 422 g/mol. The average Bonchev–Trinajstić information content (AvgIpc) is 2.67. The highest BCUT2D eigenvalue weighted by Crippen LogP contribution is 2.31. The predicted octanol–water partition coefficient (Wildman–Crippen LogP) is 5.65. The van der Waals surface area contributed by atoms with Crippen LogP contribution < -0.4 is 14.9 Å². The van der Waals surface area contributed by atoms with Crippen molar-refractivity contribution < 1.29 is 23.8 Å². The Hall–Kier alpha value is -3.54. The van der Waals surface area contributed by atoms with E-state index in [4.69, 9.17) is 13.9 Å². The van der Waals surface area contributed by atoms with Gasteiger partial charge in [-0.1, -0.05) is 17.2 Å². The SMILES string of the molecule is CC(=O)Oc1cc(O)c2c(=O)c3cc(OC/C=C(\C)CCC=C(C)C)ccc3oc2c1. The van der Waals surface area contributed by atoms with Gasteiger partial charge in [0.25, 0.3) is 0 Å². The summed E-state index contributed by atoms with van der Waals surface area (Å²) in [4.78, 5) is 24.1. The number of phenolic OH excluding ortho intramolecular Hbond substituents is 1. The molecule has 162 valence electrons. The first-order valence-electron chi connectivity index (χ1n) is 10.1. The van der Waals surface area contributed by atoms with Crippen LogP contribution in [-0.4, -0.2) is 17.7 Å². The third-order valence-corrected chi connectivity index (χ3v) is 4.73. The van der Waals surface area contributed by atoms with Crippen LogP contribution in [0.1, 0.15) is 40.5 Å². The highest BCUT2D eigenvalue weighted by Gasteiger charge is 2.15. The number of esters is 1. The summed E-state index contributed by atoms with van der Waals surface area (Å²) in [6.07, 6.45) is 6.19. The number of carbonyl (C=O) groups excluding carboxylic acids is 1. The molecule has 0 aliphatic carbocycles. The van der Waals surface area contributed by atoms with Crippen molar-refractivity contribution in [2.75, 3.05) is 6.61 Å².